The minimum absolute atomic E-state index is 0.00746. The largest absolute Gasteiger partial charge is 0.481 e. The first-order valence-electron chi connectivity index (χ1n) is 6.56. The summed E-state index contributed by atoms with van der Waals surface area (Å²) in [4.78, 5) is 10.8. The zero-order valence-electron chi connectivity index (χ0n) is 11.6. The Labute approximate surface area is 124 Å². The van der Waals surface area contributed by atoms with Crippen molar-refractivity contribution in [1.29, 1.82) is 0 Å². The lowest BCUT2D eigenvalue weighted by Crippen LogP contribution is -2.02. The summed E-state index contributed by atoms with van der Waals surface area (Å²) in [6.45, 7) is 3.92. The van der Waals surface area contributed by atoms with E-state index in [1.807, 2.05) is 56.3 Å². The topological polar surface area (TPSA) is 37.3 Å². The van der Waals surface area contributed by atoms with E-state index in [4.69, 9.17) is 16.7 Å². The normalized spacial score (nSPS) is 12.2. The fraction of sp³-hybridized carbons (Fsp3) is 0.235. The number of carbonyl (C=O) groups is 1. The maximum Gasteiger partial charge on any atom is 0.303 e. The van der Waals surface area contributed by atoms with Gasteiger partial charge in [-0.2, -0.15) is 0 Å². The van der Waals surface area contributed by atoms with Gasteiger partial charge in [0.05, 0.1) is 6.42 Å². The van der Waals surface area contributed by atoms with Crippen molar-refractivity contribution in [2.24, 2.45) is 0 Å². The minimum Gasteiger partial charge on any atom is -0.481 e. The molecule has 0 aliphatic carbocycles. The molecule has 104 valence electrons. The molecule has 0 saturated heterocycles. The SMILES string of the molecule is Cc1c(Cl)cccc1-c1cccc(C(C)CC(=O)O)c1. The second kappa shape index (κ2) is 6.10. The number of carboxylic acids is 1. The van der Waals surface area contributed by atoms with Crippen molar-refractivity contribution in [3.8, 4) is 11.1 Å². The van der Waals surface area contributed by atoms with E-state index in [2.05, 4.69) is 0 Å². The van der Waals surface area contributed by atoms with Crippen LogP contribution in [0.15, 0.2) is 42.5 Å². The van der Waals surface area contributed by atoms with Crippen LogP contribution in [0.5, 0.6) is 0 Å². The molecule has 0 aromatic heterocycles. The van der Waals surface area contributed by atoms with E-state index in [1.165, 1.54) is 0 Å². The van der Waals surface area contributed by atoms with Crippen LogP contribution in [0.25, 0.3) is 11.1 Å². The van der Waals surface area contributed by atoms with Crippen LogP contribution >= 0.6 is 11.6 Å². The molecule has 2 nitrogen and oxygen atoms in total. The minimum atomic E-state index is -0.776. The van der Waals surface area contributed by atoms with Crippen molar-refractivity contribution in [3.63, 3.8) is 0 Å². The van der Waals surface area contributed by atoms with Gasteiger partial charge in [0, 0.05) is 5.02 Å². The Morgan fingerprint density at radius 3 is 2.65 bits per heavy atom. The first kappa shape index (κ1) is 14.6. The van der Waals surface area contributed by atoms with Crippen molar-refractivity contribution < 1.29 is 9.90 Å². The molecule has 0 saturated carbocycles. The molecular formula is C17H17ClO2. The van der Waals surface area contributed by atoms with Gasteiger partial charge in [-0.1, -0.05) is 54.9 Å². The van der Waals surface area contributed by atoms with Crippen molar-refractivity contribution in [2.75, 3.05) is 0 Å². The van der Waals surface area contributed by atoms with Gasteiger partial charge in [0.2, 0.25) is 0 Å². The second-order valence-corrected chi connectivity index (χ2v) is 5.44. The lowest BCUT2D eigenvalue weighted by atomic mass is 9.93. The van der Waals surface area contributed by atoms with E-state index in [9.17, 15) is 4.79 Å². The van der Waals surface area contributed by atoms with Crippen molar-refractivity contribution in [2.45, 2.75) is 26.2 Å². The molecular weight excluding hydrogens is 272 g/mol. The monoisotopic (exact) mass is 288 g/mol. The number of halogens is 1. The number of carboxylic acid groups (broad SMARTS) is 1. The van der Waals surface area contributed by atoms with Gasteiger partial charge >= 0.3 is 5.97 Å². The summed E-state index contributed by atoms with van der Waals surface area (Å²) in [6, 6.07) is 13.8. The molecule has 2 aromatic rings. The van der Waals surface area contributed by atoms with Crippen LogP contribution in [0, 0.1) is 6.92 Å². The highest BCUT2D eigenvalue weighted by atomic mass is 35.5. The average Bonchev–Trinajstić information content (AvgIpc) is 2.41. The van der Waals surface area contributed by atoms with E-state index >= 15 is 0 Å². The van der Waals surface area contributed by atoms with Gasteiger partial charge in [-0.25, -0.2) is 0 Å². The van der Waals surface area contributed by atoms with Gasteiger partial charge < -0.3 is 5.11 Å². The molecule has 20 heavy (non-hydrogen) atoms. The standard InChI is InChI=1S/C17H17ClO2/c1-11(9-17(19)20)13-5-3-6-14(10-13)15-7-4-8-16(18)12(15)2/h3-8,10-11H,9H2,1-2H3,(H,19,20). The number of hydrogen-bond donors (Lipinski definition) is 1. The Morgan fingerprint density at radius 2 is 1.95 bits per heavy atom. The van der Waals surface area contributed by atoms with Crippen molar-refractivity contribution in [1.82, 2.24) is 0 Å². The van der Waals surface area contributed by atoms with Gasteiger partial charge in [-0.05, 0) is 41.2 Å². The summed E-state index contributed by atoms with van der Waals surface area (Å²) in [7, 11) is 0. The molecule has 0 amide bonds. The van der Waals surface area contributed by atoms with Crippen LogP contribution in [-0.2, 0) is 4.79 Å². The van der Waals surface area contributed by atoms with Gasteiger partial charge in [0.1, 0.15) is 0 Å². The molecule has 3 heteroatoms. The third kappa shape index (κ3) is 3.20. The van der Waals surface area contributed by atoms with E-state index in [0.717, 1.165) is 27.3 Å². The van der Waals surface area contributed by atoms with Crippen molar-refractivity contribution in [3.05, 3.63) is 58.6 Å². The van der Waals surface area contributed by atoms with E-state index in [1.54, 1.807) is 0 Å². The van der Waals surface area contributed by atoms with Crippen LogP contribution in [0.4, 0.5) is 0 Å². The summed E-state index contributed by atoms with van der Waals surface area (Å²) in [5, 5.41) is 9.64. The van der Waals surface area contributed by atoms with Crippen LogP contribution in [-0.4, -0.2) is 11.1 Å². The van der Waals surface area contributed by atoms with Crippen LogP contribution in [0.2, 0.25) is 5.02 Å². The molecule has 0 aliphatic rings. The Balaban J connectivity index is 2.39. The van der Waals surface area contributed by atoms with Gasteiger partial charge in [-0.15, -0.1) is 0 Å². The first-order valence-corrected chi connectivity index (χ1v) is 6.94. The number of benzene rings is 2. The zero-order chi connectivity index (χ0) is 14.7. The lowest BCUT2D eigenvalue weighted by molar-refractivity contribution is -0.137. The highest BCUT2D eigenvalue weighted by Crippen LogP contribution is 2.30. The predicted octanol–water partition coefficient (Wildman–Crippen LogP) is 4.89. The summed E-state index contributed by atoms with van der Waals surface area (Å²) >= 11 is 6.16. The highest BCUT2D eigenvalue weighted by molar-refractivity contribution is 6.31. The third-order valence-corrected chi connectivity index (χ3v) is 3.92. The smallest absolute Gasteiger partial charge is 0.303 e. The van der Waals surface area contributed by atoms with Crippen LogP contribution < -0.4 is 0 Å². The predicted molar refractivity (Wildman–Crippen MR) is 82.3 cm³/mol. The van der Waals surface area contributed by atoms with Crippen LogP contribution in [0.1, 0.15) is 30.4 Å². The number of rotatable bonds is 4. The first-order chi connectivity index (χ1) is 9.49. The van der Waals surface area contributed by atoms with E-state index in [-0.39, 0.29) is 12.3 Å². The molecule has 1 N–H and O–H groups in total. The van der Waals surface area contributed by atoms with Crippen molar-refractivity contribution >= 4 is 17.6 Å². The molecule has 0 spiro atoms. The maximum atomic E-state index is 10.8. The zero-order valence-corrected chi connectivity index (χ0v) is 12.3. The Morgan fingerprint density at radius 1 is 1.25 bits per heavy atom. The molecule has 0 bridgehead atoms. The molecule has 0 aliphatic heterocycles. The molecule has 1 unspecified atom stereocenters. The molecule has 0 radical (unpaired) electrons. The van der Waals surface area contributed by atoms with Crippen LogP contribution in [0.3, 0.4) is 0 Å². The second-order valence-electron chi connectivity index (χ2n) is 5.04. The number of aliphatic carboxylic acids is 1. The van der Waals surface area contributed by atoms with Gasteiger partial charge in [-0.3, -0.25) is 4.79 Å². The Hall–Kier alpha value is -1.80. The molecule has 1 atom stereocenters. The maximum absolute atomic E-state index is 10.8. The third-order valence-electron chi connectivity index (χ3n) is 3.52. The van der Waals surface area contributed by atoms with Gasteiger partial charge in [0.15, 0.2) is 0 Å². The Kier molecular flexibility index (Phi) is 4.46. The molecule has 2 aromatic carbocycles. The molecule has 0 fully saturated rings. The quantitative estimate of drug-likeness (QED) is 0.869. The average molecular weight is 289 g/mol. The van der Waals surface area contributed by atoms with E-state index < -0.39 is 5.97 Å². The van der Waals surface area contributed by atoms with E-state index in [0.29, 0.717) is 0 Å². The molecule has 0 heterocycles. The summed E-state index contributed by atoms with van der Waals surface area (Å²) in [6.07, 6.45) is 0.137. The lowest BCUT2D eigenvalue weighted by Gasteiger charge is -2.13. The van der Waals surface area contributed by atoms with Gasteiger partial charge in [0.25, 0.3) is 0 Å². The fourth-order valence-electron chi connectivity index (χ4n) is 2.31. The summed E-state index contributed by atoms with van der Waals surface area (Å²) < 4.78 is 0. The summed E-state index contributed by atoms with van der Waals surface area (Å²) in [5.41, 5.74) is 4.23. The summed E-state index contributed by atoms with van der Waals surface area (Å²) in [5.74, 6) is -0.784. The number of hydrogen-bond acceptors (Lipinski definition) is 1. The fourth-order valence-corrected chi connectivity index (χ4v) is 2.49. The Bertz CT molecular complexity index is 635. The molecule has 2 rings (SSSR count). The highest BCUT2D eigenvalue weighted by Gasteiger charge is 2.12.